The molecule has 2 N–H and O–H groups in total. The Morgan fingerprint density at radius 1 is 1.24 bits per heavy atom. The molecule has 3 nitrogen and oxygen atoms in total. The first-order chi connectivity index (χ1) is 8.06. The average molecular weight is 229 g/mol. The second kappa shape index (κ2) is 4.72. The lowest BCUT2D eigenvalue weighted by Crippen LogP contribution is -2.18. The van der Waals surface area contributed by atoms with Crippen molar-refractivity contribution in [2.24, 2.45) is 5.73 Å². The molecule has 0 amide bonds. The molecule has 1 heterocycles. The van der Waals surface area contributed by atoms with Crippen molar-refractivity contribution in [1.29, 1.82) is 0 Å². The average Bonchev–Trinajstić information content (AvgIpc) is 2.27. The van der Waals surface area contributed by atoms with Crippen molar-refractivity contribution in [3.63, 3.8) is 0 Å². The first-order valence-electron chi connectivity index (χ1n) is 5.89. The minimum atomic E-state index is 0.154. The second-order valence-corrected chi connectivity index (χ2v) is 4.76. The molecule has 17 heavy (non-hydrogen) atoms. The van der Waals surface area contributed by atoms with Gasteiger partial charge in [0, 0.05) is 43.3 Å². The van der Waals surface area contributed by atoms with Crippen molar-refractivity contribution in [2.75, 3.05) is 19.0 Å². The smallest absolute Gasteiger partial charge is 0.0706 e. The number of hydrogen-bond donors (Lipinski definition) is 1. The minimum Gasteiger partial charge on any atom is -0.378 e. The molecule has 0 bridgehead atoms. The molecule has 2 aromatic rings. The van der Waals surface area contributed by atoms with E-state index in [-0.39, 0.29) is 6.04 Å². The standard InChI is InChI=1S/C14H19N3/c1-10(15)8-12-5-4-11-9-13(17(2)3)6-7-14(11)16-12/h4-7,9-10H,8,15H2,1-3H3. The third-order valence-corrected chi connectivity index (χ3v) is 2.78. The Hall–Kier alpha value is -1.61. The van der Waals surface area contributed by atoms with Crippen LogP contribution in [0.2, 0.25) is 0 Å². The van der Waals surface area contributed by atoms with Crippen LogP contribution in [0.15, 0.2) is 30.3 Å². The molecule has 0 fully saturated rings. The van der Waals surface area contributed by atoms with E-state index in [1.165, 1.54) is 11.1 Å². The quantitative estimate of drug-likeness (QED) is 0.877. The highest BCUT2D eigenvalue weighted by Gasteiger charge is 2.03. The number of pyridine rings is 1. The Kier molecular flexibility index (Phi) is 3.29. The van der Waals surface area contributed by atoms with Crippen molar-refractivity contribution in [2.45, 2.75) is 19.4 Å². The van der Waals surface area contributed by atoms with Crippen LogP contribution >= 0.6 is 0 Å². The number of benzene rings is 1. The molecule has 1 aromatic carbocycles. The molecular weight excluding hydrogens is 210 g/mol. The number of nitrogens with two attached hydrogens (primary N) is 1. The molecule has 0 saturated heterocycles. The number of fused-ring (bicyclic) bond motifs is 1. The molecule has 0 saturated carbocycles. The van der Waals surface area contributed by atoms with E-state index in [2.05, 4.69) is 40.2 Å². The summed E-state index contributed by atoms with van der Waals surface area (Å²) in [7, 11) is 4.08. The Labute approximate surface area is 102 Å². The maximum atomic E-state index is 5.79. The van der Waals surface area contributed by atoms with Crippen LogP contribution < -0.4 is 10.6 Å². The lowest BCUT2D eigenvalue weighted by Gasteiger charge is -2.13. The summed E-state index contributed by atoms with van der Waals surface area (Å²) in [5.74, 6) is 0. The van der Waals surface area contributed by atoms with Crippen LogP contribution in [-0.2, 0) is 6.42 Å². The van der Waals surface area contributed by atoms with Crippen molar-refractivity contribution in [3.8, 4) is 0 Å². The molecule has 0 aliphatic heterocycles. The fourth-order valence-electron chi connectivity index (χ4n) is 1.88. The SMILES string of the molecule is CC(N)Cc1ccc2cc(N(C)C)ccc2n1. The summed E-state index contributed by atoms with van der Waals surface area (Å²) in [5.41, 5.74) is 9.08. The predicted octanol–water partition coefficient (Wildman–Crippen LogP) is 2.19. The maximum Gasteiger partial charge on any atom is 0.0706 e. The molecule has 3 heteroatoms. The molecular formula is C14H19N3. The third-order valence-electron chi connectivity index (χ3n) is 2.78. The molecule has 0 radical (unpaired) electrons. The summed E-state index contributed by atoms with van der Waals surface area (Å²) in [4.78, 5) is 6.71. The van der Waals surface area contributed by atoms with Gasteiger partial charge in [0.05, 0.1) is 5.52 Å². The largest absolute Gasteiger partial charge is 0.378 e. The van der Waals surface area contributed by atoms with Gasteiger partial charge in [0.25, 0.3) is 0 Å². The Morgan fingerprint density at radius 3 is 2.65 bits per heavy atom. The summed E-state index contributed by atoms with van der Waals surface area (Å²) in [6, 6.07) is 10.6. The number of hydrogen-bond acceptors (Lipinski definition) is 3. The molecule has 1 aromatic heterocycles. The van der Waals surface area contributed by atoms with Crippen LogP contribution in [0.5, 0.6) is 0 Å². The molecule has 0 aliphatic rings. The number of aromatic nitrogens is 1. The summed E-state index contributed by atoms with van der Waals surface area (Å²) < 4.78 is 0. The van der Waals surface area contributed by atoms with E-state index >= 15 is 0 Å². The zero-order valence-corrected chi connectivity index (χ0v) is 10.6. The normalized spacial score (nSPS) is 12.7. The van der Waals surface area contributed by atoms with Gasteiger partial charge < -0.3 is 10.6 Å². The zero-order valence-electron chi connectivity index (χ0n) is 10.6. The lowest BCUT2D eigenvalue weighted by molar-refractivity contribution is 0.725. The number of anilines is 1. The van der Waals surface area contributed by atoms with E-state index in [1.807, 2.05) is 21.0 Å². The molecule has 0 aliphatic carbocycles. The highest BCUT2D eigenvalue weighted by atomic mass is 15.1. The second-order valence-electron chi connectivity index (χ2n) is 4.76. The Balaban J connectivity index is 2.39. The third kappa shape index (κ3) is 2.74. The molecule has 2 rings (SSSR count). The van der Waals surface area contributed by atoms with Crippen molar-refractivity contribution < 1.29 is 0 Å². The van der Waals surface area contributed by atoms with Crippen LogP contribution in [0, 0.1) is 0 Å². The highest BCUT2D eigenvalue weighted by Crippen LogP contribution is 2.20. The van der Waals surface area contributed by atoms with Crippen molar-refractivity contribution in [3.05, 3.63) is 36.0 Å². The first-order valence-corrected chi connectivity index (χ1v) is 5.89. The summed E-state index contributed by atoms with van der Waals surface area (Å²) in [6.07, 6.45) is 0.825. The zero-order chi connectivity index (χ0) is 12.4. The van der Waals surface area contributed by atoms with Gasteiger partial charge in [-0.3, -0.25) is 4.98 Å². The lowest BCUT2D eigenvalue weighted by atomic mass is 10.1. The summed E-state index contributed by atoms with van der Waals surface area (Å²) >= 11 is 0. The van der Waals surface area contributed by atoms with Gasteiger partial charge in [-0.1, -0.05) is 6.07 Å². The van der Waals surface area contributed by atoms with Gasteiger partial charge in [0.15, 0.2) is 0 Å². The minimum absolute atomic E-state index is 0.154. The van der Waals surface area contributed by atoms with Crippen LogP contribution in [0.4, 0.5) is 5.69 Å². The fraction of sp³-hybridized carbons (Fsp3) is 0.357. The van der Waals surface area contributed by atoms with E-state index in [1.54, 1.807) is 0 Å². The molecule has 1 atom stereocenters. The van der Waals surface area contributed by atoms with E-state index < -0.39 is 0 Å². The summed E-state index contributed by atoms with van der Waals surface area (Å²) in [5, 5.41) is 1.17. The molecule has 90 valence electrons. The monoisotopic (exact) mass is 229 g/mol. The van der Waals surface area contributed by atoms with Crippen LogP contribution in [0.3, 0.4) is 0 Å². The van der Waals surface area contributed by atoms with Crippen molar-refractivity contribution in [1.82, 2.24) is 4.98 Å². The highest BCUT2D eigenvalue weighted by molar-refractivity contribution is 5.82. The molecule has 1 unspecified atom stereocenters. The van der Waals surface area contributed by atoms with E-state index in [4.69, 9.17) is 5.73 Å². The van der Waals surface area contributed by atoms with Crippen molar-refractivity contribution >= 4 is 16.6 Å². The van der Waals surface area contributed by atoms with Crippen LogP contribution in [-0.4, -0.2) is 25.1 Å². The molecule has 0 spiro atoms. The van der Waals surface area contributed by atoms with E-state index in [0.29, 0.717) is 0 Å². The maximum absolute atomic E-state index is 5.79. The summed E-state index contributed by atoms with van der Waals surface area (Å²) in [6.45, 7) is 2.00. The van der Waals surface area contributed by atoms with Gasteiger partial charge in [-0.2, -0.15) is 0 Å². The Morgan fingerprint density at radius 2 is 2.00 bits per heavy atom. The van der Waals surface area contributed by atoms with Gasteiger partial charge in [0.1, 0.15) is 0 Å². The predicted molar refractivity (Wildman–Crippen MR) is 73.4 cm³/mol. The topological polar surface area (TPSA) is 42.1 Å². The van der Waals surface area contributed by atoms with E-state index in [9.17, 15) is 0 Å². The Bertz CT molecular complexity index is 518. The fourth-order valence-corrected chi connectivity index (χ4v) is 1.88. The van der Waals surface area contributed by atoms with E-state index in [0.717, 1.165) is 17.6 Å². The van der Waals surface area contributed by atoms with Gasteiger partial charge in [0.2, 0.25) is 0 Å². The van der Waals surface area contributed by atoms with Crippen LogP contribution in [0.25, 0.3) is 10.9 Å². The van der Waals surface area contributed by atoms with Crippen LogP contribution in [0.1, 0.15) is 12.6 Å². The van der Waals surface area contributed by atoms with Gasteiger partial charge >= 0.3 is 0 Å². The first kappa shape index (κ1) is 11.9. The van der Waals surface area contributed by atoms with Gasteiger partial charge in [-0.05, 0) is 31.2 Å². The number of rotatable bonds is 3. The number of nitrogens with zero attached hydrogens (tertiary/aromatic N) is 2. The van der Waals surface area contributed by atoms with Gasteiger partial charge in [-0.25, -0.2) is 0 Å². The van der Waals surface area contributed by atoms with Gasteiger partial charge in [-0.15, -0.1) is 0 Å².